The molecule has 0 aliphatic rings. The summed E-state index contributed by atoms with van der Waals surface area (Å²) < 4.78 is 0. The first-order chi connectivity index (χ1) is 9.52. The van der Waals surface area contributed by atoms with Crippen LogP contribution in [0.3, 0.4) is 0 Å². The van der Waals surface area contributed by atoms with Gasteiger partial charge in [0, 0.05) is 11.1 Å². The van der Waals surface area contributed by atoms with Crippen LogP contribution in [-0.4, -0.2) is 6.21 Å². The molecule has 2 aromatic rings. The van der Waals surface area contributed by atoms with Crippen molar-refractivity contribution in [3.63, 3.8) is 0 Å². The zero-order valence-electron chi connectivity index (χ0n) is 12.3. The second-order valence-corrected chi connectivity index (χ2v) is 6.36. The van der Waals surface area contributed by atoms with Crippen LogP contribution in [0.1, 0.15) is 46.9 Å². The minimum Gasteiger partial charge on any atom is -0.244 e. The van der Waals surface area contributed by atoms with Gasteiger partial charge in [0.25, 0.3) is 0 Å². The summed E-state index contributed by atoms with van der Waals surface area (Å²) in [6, 6.07) is 10.6. The van der Waals surface area contributed by atoms with Crippen molar-refractivity contribution in [1.29, 1.82) is 5.26 Å². The van der Waals surface area contributed by atoms with Crippen LogP contribution in [0.2, 0.25) is 0 Å². The summed E-state index contributed by atoms with van der Waals surface area (Å²) in [5, 5.41) is 9.99. The Kier molecular flexibility index (Phi) is 4.36. The topological polar surface area (TPSA) is 36.1 Å². The summed E-state index contributed by atoms with van der Waals surface area (Å²) in [7, 11) is 0. The molecular formula is C17H18N2S. The highest BCUT2D eigenvalue weighted by Gasteiger charge is 2.10. The van der Waals surface area contributed by atoms with E-state index in [-0.39, 0.29) is 0 Å². The van der Waals surface area contributed by atoms with Gasteiger partial charge in [0.1, 0.15) is 11.1 Å². The summed E-state index contributed by atoms with van der Waals surface area (Å²) in [4.78, 5) is 5.63. The highest BCUT2D eigenvalue weighted by molar-refractivity contribution is 7.16. The van der Waals surface area contributed by atoms with E-state index in [0.29, 0.717) is 11.5 Å². The smallest absolute Gasteiger partial charge is 0.134 e. The van der Waals surface area contributed by atoms with Gasteiger partial charge in [0.2, 0.25) is 0 Å². The van der Waals surface area contributed by atoms with Crippen molar-refractivity contribution in [2.75, 3.05) is 0 Å². The molecule has 1 aromatic heterocycles. The first kappa shape index (κ1) is 14.5. The van der Waals surface area contributed by atoms with E-state index in [4.69, 9.17) is 0 Å². The van der Waals surface area contributed by atoms with Crippen LogP contribution in [0.15, 0.2) is 29.3 Å². The van der Waals surface area contributed by atoms with Crippen LogP contribution in [-0.2, 0) is 0 Å². The third-order valence-electron chi connectivity index (χ3n) is 3.41. The number of nitriles is 1. The molecule has 102 valence electrons. The van der Waals surface area contributed by atoms with Crippen molar-refractivity contribution in [2.45, 2.75) is 33.6 Å². The number of thiophene rings is 1. The van der Waals surface area contributed by atoms with Gasteiger partial charge >= 0.3 is 0 Å². The monoisotopic (exact) mass is 282 g/mol. The van der Waals surface area contributed by atoms with Crippen molar-refractivity contribution in [1.82, 2.24) is 0 Å². The van der Waals surface area contributed by atoms with Gasteiger partial charge in [-0.25, -0.2) is 4.99 Å². The molecule has 20 heavy (non-hydrogen) atoms. The molecule has 2 nitrogen and oxygen atoms in total. The second kappa shape index (κ2) is 6.02. The number of hydrogen-bond acceptors (Lipinski definition) is 3. The SMILES string of the molecule is Cc1sc(/N=C/c2ccc(C(C)C)cc2)c(C#N)c1C. The van der Waals surface area contributed by atoms with Gasteiger partial charge in [0.05, 0.1) is 5.56 Å². The van der Waals surface area contributed by atoms with Gasteiger partial charge in [-0.15, -0.1) is 11.3 Å². The zero-order valence-corrected chi connectivity index (χ0v) is 13.1. The Labute approximate surface area is 124 Å². The van der Waals surface area contributed by atoms with E-state index in [1.807, 2.05) is 20.1 Å². The van der Waals surface area contributed by atoms with Gasteiger partial charge in [0.15, 0.2) is 0 Å². The van der Waals surface area contributed by atoms with Crippen LogP contribution in [0.25, 0.3) is 0 Å². The lowest BCUT2D eigenvalue weighted by molar-refractivity contribution is 0.866. The van der Waals surface area contributed by atoms with Crippen LogP contribution in [0, 0.1) is 25.2 Å². The minimum atomic E-state index is 0.536. The third kappa shape index (κ3) is 2.97. The predicted molar refractivity (Wildman–Crippen MR) is 86.3 cm³/mol. The molecule has 0 unspecified atom stereocenters. The molecule has 0 radical (unpaired) electrons. The van der Waals surface area contributed by atoms with E-state index in [0.717, 1.165) is 21.0 Å². The Balaban J connectivity index is 2.26. The highest BCUT2D eigenvalue weighted by atomic mass is 32.1. The maximum Gasteiger partial charge on any atom is 0.134 e. The molecule has 0 aliphatic carbocycles. The fraction of sp³-hybridized carbons (Fsp3) is 0.294. The Bertz CT molecular complexity index is 670. The normalized spacial score (nSPS) is 11.2. The fourth-order valence-electron chi connectivity index (χ4n) is 1.93. The fourth-order valence-corrected chi connectivity index (χ4v) is 2.88. The largest absolute Gasteiger partial charge is 0.244 e. The molecule has 0 atom stereocenters. The molecule has 0 bridgehead atoms. The summed E-state index contributed by atoms with van der Waals surface area (Å²) in [5.41, 5.74) is 4.12. The predicted octanol–water partition coefficient (Wildman–Crippen LogP) is 5.11. The summed E-state index contributed by atoms with van der Waals surface area (Å²) in [6.07, 6.45) is 1.83. The first-order valence-electron chi connectivity index (χ1n) is 6.67. The molecule has 0 amide bonds. The van der Waals surface area contributed by atoms with Gasteiger partial charge in [-0.3, -0.25) is 0 Å². The van der Waals surface area contributed by atoms with Crippen LogP contribution in [0.5, 0.6) is 0 Å². The Morgan fingerprint density at radius 1 is 1.20 bits per heavy atom. The first-order valence-corrected chi connectivity index (χ1v) is 7.48. The quantitative estimate of drug-likeness (QED) is 0.720. The Morgan fingerprint density at radius 3 is 2.40 bits per heavy atom. The van der Waals surface area contributed by atoms with Crippen molar-refractivity contribution in [3.05, 3.63) is 51.4 Å². The van der Waals surface area contributed by atoms with Gasteiger partial charge in [-0.2, -0.15) is 5.26 Å². The molecule has 0 fully saturated rings. The minimum absolute atomic E-state index is 0.536. The summed E-state index contributed by atoms with van der Waals surface area (Å²) in [5.74, 6) is 0.536. The summed E-state index contributed by atoms with van der Waals surface area (Å²) in [6.45, 7) is 8.36. The molecule has 0 saturated carbocycles. The van der Waals surface area contributed by atoms with Crippen molar-refractivity contribution >= 4 is 22.6 Å². The number of nitrogens with zero attached hydrogens (tertiary/aromatic N) is 2. The molecule has 0 N–H and O–H groups in total. The van der Waals surface area contributed by atoms with E-state index in [9.17, 15) is 5.26 Å². The van der Waals surface area contributed by atoms with E-state index in [2.05, 4.69) is 49.2 Å². The average Bonchev–Trinajstić information content (AvgIpc) is 2.71. The molecule has 0 spiro atoms. The lowest BCUT2D eigenvalue weighted by Gasteiger charge is -2.04. The van der Waals surface area contributed by atoms with Gasteiger partial charge in [-0.05, 0) is 36.5 Å². The standard InChI is InChI=1S/C17H18N2S/c1-11(2)15-7-5-14(6-8-15)10-19-17-16(9-18)12(3)13(4)20-17/h5-8,10-11H,1-4H3/b19-10+. The second-order valence-electron chi connectivity index (χ2n) is 5.15. The summed E-state index contributed by atoms with van der Waals surface area (Å²) >= 11 is 1.57. The van der Waals surface area contributed by atoms with Crippen molar-refractivity contribution in [3.8, 4) is 6.07 Å². The molecule has 2 rings (SSSR count). The van der Waals surface area contributed by atoms with Gasteiger partial charge < -0.3 is 0 Å². The molecule has 1 heterocycles. The molecular weight excluding hydrogens is 264 g/mol. The van der Waals surface area contributed by atoms with Crippen molar-refractivity contribution in [2.24, 2.45) is 4.99 Å². The number of aryl methyl sites for hydroxylation is 1. The van der Waals surface area contributed by atoms with Crippen molar-refractivity contribution < 1.29 is 0 Å². The van der Waals surface area contributed by atoms with Crippen LogP contribution >= 0.6 is 11.3 Å². The van der Waals surface area contributed by atoms with Gasteiger partial charge in [-0.1, -0.05) is 38.1 Å². The third-order valence-corrected chi connectivity index (χ3v) is 4.53. The lowest BCUT2D eigenvalue weighted by Crippen LogP contribution is -1.88. The van der Waals surface area contributed by atoms with E-state index in [1.54, 1.807) is 11.3 Å². The van der Waals surface area contributed by atoms with Crippen LogP contribution < -0.4 is 0 Å². The maximum atomic E-state index is 9.19. The Morgan fingerprint density at radius 2 is 1.85 bits per heavy atom. The number of benzene rings is 1. The lowest BCUT2D eigenvalue weighted by atomic mass is 10.0. The zero-order chi connectivity index (χ0) is 14.7. The van der Waals surface area contributed by atoms with E-state index in [1.165, 1.54) is 5.56 Å². The number of aliphatic imine (C=N–C) groups is 1. The average molecular weight is 282 g/mol. The highest BCUT2D eigenvalue weighted by Crippen LogP contribution is 2.33. The van der Waals surface area contributed by atoms with E-state index < -0.39 is 0 Å². The molecule has 0 saturated heterocycles. The number of hydrogen-bond donors (Lipinski definition) is 0. The molecule has 1 aromatic carbocycles. The maximum absolute atomic E-state index is 9.19. The molecule has 3 heteroatoms. The van der Waals surface area contributed by atoms with Crippen LogP contribution in [0.4, 0.5) is 5.00 Å². The Hall–Kier alpha value is -1.92. The molecule has 0 aliphatic heterocycles. The van der Waals surface area contributed by atoms with E-state index >= 15 is 0 Å². The number of rotatable bonds is 3.